The lowest BCUT2D eigenvalue weighted by atomic mass is 10.1. The average molecular weight is 377 g/mol. The number of rotatable bonds is 19. The van der Waals surface area contributed by atoms with E-state index in [1.165, 1.54) is 83.5 Å². The lowest BCUT2D eigenvalue weighted by Crippen LogP contribution is -1.94. The summed E-state index contributed by atoms with van der Waals surface area (Å²) in [5.74, 6) is 1.09. The zero-order chi connectivity index (χ0) is 19.4. The molecule has 1 heterocycles. The Morgan fingerprint density at radius 3 is 2.00 bits per heavy atom. The van der Waals surface area contributed by atoms with Gasteiger partial charge in [0, 0.05) is 6.61 Å². The number of aldehydes is 1. The summed E-state index contributed by atoms with van der Waals surface area (Å²) < 4.78 is 10.8. The first-order valence-electron chi connectivity index (χ1n) is 11.1. The third-order valence-corrected chi connectivity index (χ3v) is 4.84. The minimum Gasteiger partial charge on any atom is -0.456 e. The summed E-state index contributed by atoms with van der Waals surface area (Å²) >= 11 is 0. The molecule has 0 atom stereocenters. The van der Waals surface area contributed by atoms with Crippen LogP contribution in [0.3, 0.4) is 0 Å². The molecule has 0 aliphatic heterocycles. The topological polar surface area (TPSA) is 39.4 Å². The van der Waals surface area contributed by atoms with Crippen LogP contribution >= 0.6 is 0 Å². The Morgan fingerprint density at radius 1 is 0.815 bits per heavy atom. The molecule has 0 aliphatic rings. The number of ether oxygens (including phenoxy) is 1. The van der Waals surface area contributed by atoms with Gasteiger partial charge in [-0.05, 0) is 44.2 Å². The van der Waals surface area contributed by atoms with Crippen LogP contribution in [0.15, 0.2) is 28.7 Å². The van der Waals surface area contributed by atoms with Crippen molar-refractivity contribution in [3.63, 3.8) is 0 Å². The lowest BCUT2D eigenvalue weighted by Gasteiger charge is -2.03. The van der Waals surface area contributed by atoms with Crippen LogP contribution in [-0.4, -0.2) is 12.9 Å². The van der Waals surface area contributed by atoms with Crippen molar-refractivity contribution in [3.8, 4) is 0 Å². The van der Waals surface area contributed by atoms with Crippen molar-refractivity contribution in [1.29, 1.82) is 0 Å². The van der Waals surface area contributed by atoms with Crippen molar-refractivity contribution in [2.75, 3.05) is 6.61 Å². The van der Waals surface area contributed by atoms with E-state index in [9.17, 15) is 4.79 Å². The second-order valence-corrected chi connectivity index (χ2v) is 7.41. The first kappa shape index (κ1) is 23.7. The van der Waals surface area contributed by atoms with Gasteiger partial charge >= 0.3 is 0 Å². The molecule has 0 aromatic carbocycles. The van der Waals surface area contributed by atoms with Crippen molar-refractivity contribution >= 4 is 6.29 Å². The molecule has 0 radical (unpaired) electrons. The van der Waals surface area contributed by atoms with Crippen LogP contribution in [0.25, 0.3) is 0 Å². The highest BCUT2D eigenvalue weighted by Crippen LogP contribution is 2.11. The first-order valence-corrected chi connectivity index (χ1v) is 11.1. The monoisotopic (exact) mass is 376 g/mol. The second kappa shape index (κ2) is 18.0. The molecule has 3 heteroatoms. The van der Waals surface area contributed by atoms with Crippen LogP contribution < -0.4 is 0 Å². The molecule has 0 saturated heterocycles. The molecule has 1 aromatic heterocycles. The highest BCUT2D eigenvalue weighted by atomic mass is 16.5. The number of allylic oxidation sites excluding steroid dienone is 2. The van der Waals surface area contributed by atoms with Crippen molar-refractivity contribution < 1.29 is 13.9 Å². The second-order valence-electron chi connectivity index (χ2n) is 7.41. The molecule has 0 N–H and O–H groups in total. The normalized spacial score (nSPS) is 11.4. The predicted octanol–water partition coefficient (Wildman–Crippen LogP) is 7.65. The van der Waals surface area contributed by atoms with Gasteiger partial charge in [0.25, 0.3) is 0 Å². The summed E-state index contributed by atoms with van der Waals surface area (Å²) in [6.45, 7) is 3.49. The van der Waals surface area contributed by atoms with Gasteiger partial charge in [-0.2, -0.15) is 0 Å². The van der Waals surface area contributed by atoms with Gasteiger partial charge in [-0.1, -0.05) is 76.9 Å². The summed E-state index contributed by atoms with van der Waals surface area (Å²) in [5, 5.41) is 0. The lowest BCUT2D eigenvalue weighted by molar-refractivity contribution is 0.0986. The highest BCUT2D eigenvalue weighted by molar-refractivity contribution is 5.70. The number of carbonyl (C=O) groups is 1. The van der Waals surface area contributed by atoms with Crippen LogP contribution in [0.4, 0.5) is 0 Å². The van der Waals surface area contributed by atoms with Crippen molar-refractivity contribution in [2.45, 2.75) is 103 Å². The fourth-order valence-electron chi connectivity index (χ4n) is 3.16. The van der Waals surface area contributed by atoms with Gasteiger partial charge in [0.1, 0.15) is 12.4 Å². The summed E-state index contributed by atoms with van der Waals surface area (Å²) in [4.78, 5) is 10.5. The quantitative estimate of drug-likeness (QED) is 0.141. The number of furan rings is 1. The zero-order valence-corrected chi connectivity index (χ0v) is 17.4. The molecule has 3 nitrogen and oxygen atoms in total. The third-order valence-electron chi connectivity index (χ3n) is 4.84. The van der Waals surface area contributed by atoms with E-state index in [1.54, 1.807) is 12.1 Å². The largest absolute Gasteiger partial charge is 0.456 e. The Morgan fingerprint density at radius 2 is 1.41 bits per heavy atom. The fraction of sp³-hybridized carbons (Fsp3) is 0.708. The predicted molar refractivity (Wildman–Crippen MR) is 113 cm³/mol. The molecule has 0 amide bonds. The molecule has 0 bridgehead atoms. The summed E-state index contributed by atoms with van der Waals surface area (Å²) in [5.41, 5.74) is 0. The molecular formula is C24H40O3. The van der Waals surface area contributed by atoms with Gasteiger partial charge in [-0.3, -0.25) is 4.79 Å². The van der Waals surface area contributed by atoms with Crippen molar-refractivity contribution in [3.05, 3.63) is 35.8 Å². The highest BCUT2D eigenvalue weighted by Gasteiger charge is 2.00. The van der Waals surface area contributed by atoms with Crippen LogP contribution in [0.5, 0.6) is 0 Å². The van der Waals surface area contributed by atoms with Gasteiger partial charge in [0.15, 0.2) is 12.0 Å². The number of unbranched alkanes of at least 4 members (excludes halogenated alkanes) is 12. The molecule has 1 aromatic rings. The minimum atomic E-state index is 0.367. The van der Waals surface area contributed by atoms with Gasteiger partial charge < -0.3 is 9.15 Å². The van der Waals surface area contributed by atoms with E-state index in [2.05, 4.69) is 19.1 Å². The maximum atomic E-state index is 10.5. The van der Waals surface area contributed by atoms with E-state index < -0.39 is 0 Å². The summed E-state index contributed by atoms with van der Waals surface area (Å²) in [6, 6.07) is 3.47. The summed E-state index contributed by atoms with van der Waals surface area (Å²) in [6.07, 6.45) is 23.9. The van der Waals surface area contributed by atoms with Crippen LogP contribution in [-0.2, 0) is 11.3 Å². The first-order chi connectivity index (χ1) is 13.4. The number of hydrogen-bond acceptors (Lipinski definition) is 3. The smallest absolute Gasteiger partial charge is 0.185 e. The number of hydrogen-bond donors (Lipinski definition) is 0. The molecule has 0 spiro atoms. The van der Waals surface area contributed by atoms with Gasteiger partial charge in [0.2, 0.25) is 0 Å². The SMILES string of the molecule is CCCCCCCCC=CCCCCCCCCOCc1ccc(C=O)o1. The van der Waals surface area contributed by atoms with E-state index in [1.807, 2.05) is 0 Å². The molecule has 27 heavy (non-hydrogen) atoms. The van der Waals surface area contributed by atoms with Crippen molar-refractivity contribution in [1.82, 2.24) is 0 Å². The van der Waals surface area contributed by atoms with Crippen LogP contribution in [0, 0.1) is 0 Å². The molecule has 154 valence electrons. The fourth-order valence-corrected chi connectivity index (χ4v) is 3.16. The van der Waals surface area contributed by atoms with Gasteiger partial charge in [0.05, 0.1) is 0 Å². The van der Waals surface area contributed by atoms with E-state index in [0.29, 0.717) is 12.4 Å². The third kappa shape index (κ3) is 14.4. The average Bonchev–Trinajstić information content (AvgIpc) is 3.15. The molecule has 0 fully saturated rings. The molecule has 0 saturated carbocycles. The standard InChI is InChI=1S/C24H40O3/c1-2-3-4-5-6-7-8-9-10-11-12-13-14-15-16-17-20-26-22-24-19-18-23(21-25)27-24/h9-10,18-19,21H,2-8,11-17,20,22H2,1H3. The number of carbonyl (C=O) groups excluding carboxylic acids is 1. The Kier molecular flexibility index (Phi) is 15.8. The van der Waals surface area contributed by atoms with Gasteiger partial charge in [-0.15, -0.1) is 0 Å². The Labute approximate surface area is 166 Å². The molecule has 1 rings (SSSR count). The molecule has 0 aliphatic carbocycles. The molecule has 0 unspecified atom stereocenters. The van der Waals surface area contributed by atoms with Gasteiger partial charge in [-0.25, -0.2) is 0 Å². The van der Waals surface area contributed by atoms with E-state index >= 15 is 0 Å². The zero-order valence-electron chi connectivity index (χ0n) is 17.4. The Balaban J connectivity index is 1.76. The Bertz CT molecular complexity index is 476. The maximum Gasteiger partial charge on any atom is 0.185 e. The van der Waals surface area contributed by atoms with Crippen LogP contribution in [0.2, 0.25) is 0 Å². The molecular weight excluding hydrogens is 336 g/mol. The summed E-state index contributed by atoms with van der Waals surface area (Å²) in [7, 11) is 0. The van der Waals surface area contributed by atoms with E-state index in [0.717, 1.165) is 25.1 Å². The minimum absolute atomic E-state index is 0.367. The van der Waals surface area contributed by atoms with E-state index in [4.69, 9.17) is 9.15 Å². The van der Waals surface area contributed by atoms with E-state index in [-0.39, 0.29) is 0 Å². The van der Waals surface area contributed by atoms with Crippen molar-refractivity contribution in [2.24, 2.45) is 0 Å². The Hall–Kier alpha value is -1.35. The van der Waals surface area contributed by atoms with Crippen LogP contribution in [0.1, 0.15) is 113 Å². The maximum absolute atomic E-state index is 10.5.